The fourth-order valence-electron chi connectivity index (χ4n) is 2.57. The zero-order chi connectivity index (χ0) is 11.1. The quantitative estimate of drug-likeness (QED) is 0.846. The molecule has 1 aliphatic rings. The van der Waals surface area contributed by atoms with E-state index < -0.39 is 0 Å². The molecule has 0 aliphatic heterocycles. The van der Waals surface area contributed by atoms with Crippen molar-refractivity contribution in [1.29, 1.82) is 0 Å². The van der Waals surface area contributed by atoms with Crippen LogP contribution in [-0.2, 0) is 4.79 Å². The molecule has 1 unspecified atom stereocenters. The van der Waals surface area contributed by atoms with Gasteiger partial charge < -0.3 is 4.98 Å². The highest BCUT2D eigenvalue weighted by molar-refractivity contribution is 9.10. The fraction of sp³-hybridized carbons (Fsp3) is 0.308. The number of H-pyrrole nitrogens is 1. The molecule has 0 spiro atoms. The van der Waals surface area contributed by atoms with Crippen LogP contribution in [0.2, 0.25) is 0 Å². The average Bonchev–Trinajstić information content (AvgIpc) is 2.84. The second-order valence-electron chi connectivity index (χ2n) is 4.38. The maximum Gasteiger partial charge on any atom is 0.133 e. The monoisotopic (exact) mass is 277 g/mol. The molecule has 1 N–H and O–H groups in total. The fourth-order valence-corrected chi connectivity index (χ4v) is 3.16. The van der Waals surface area contributed by atoms with E-state index in [0.717, 1.165) is 22.8 Å². The van der Waals surface area contributed by atoms with Crippen molar-refractivity contribution in [3.05, 3.63) is 34.4 Å². The molecule has 1 aromatic heterocycles. The highest BCUT2D eigenvalue weighted by Gasteiger charge is 2.26. The summed E-state index contributed by atoms with van der Waals surface area (Å²) in [5, 5.41) is 1.24. The first kappa shape index (κ1) is 10.1. The number of nitrogens with one attached hydrogen (secondary N) is 1. The van der Waals surface area contributed by atoms with Gasteiger partial charge in [0.15, 0.2) is 0 Å². The number of Topliss-reactive ketones (excluding diaryl/α,β-unsaturated/α-hetero) is 1. The molecule has 2 nitrogen and oxygen atoms in total. The smallest absolute Gasteiger partial charge is 0.133 e. The lowest BCUT2D eigenvalue weighted by Gasteiger charge is -2.07. The predicted octanol–water partition coefficient (Wildman–Crippen LogP) is 3.77. The van der Waals surface area contributed by atoms with Crippen LogP contribution >= 0.6 is 15.9 Å². The minimum atomic E-state index is 0.395. The molecule has 1 fully saturated rings. The van der Waals surface area contributed by atoms with E-state index in [2.05, 4.69) is 39.2 Å². The molecule has 0 radical (unpaired) electrons. The summed E-state index contributed by atoms with van der Waals surface area (Å²) in [7, 11) is 0. The number of carbonyl (C=O) groups excluding carboxylic acids is 1. The third-order valence-electron chi connectivity index (χ3n) is 3.37. The largest absolute Gasteiger partial charge is 0.361 e. The normalized spacial score (nSPS) is 20.8. The molecule has 2 aromatic rings. The van der Waals surface area contributed by atoms with Gasteiger partial charge in [-0.3, -0.25) is 4.79 Å². The summed E-state index contributed by atoms with van der Waals surface area (Å²) < 4.78 is 1.11. The first-order chi connectivity index (χ1) is 7.75. The Morgan fingerprint density at radius 1 is 1.38 bits per heavy atom. The van der Waals surface area contributed by atoms with E-state index in [1.807, 2.05) is 6.07 Å². The SMILES string of the molecule is O=C1CCC(c2c[nH]c3cccc(Br)c23)C1. The van der Waals surface area contributed by atoms with Crippen molar-refractivity contribution in [3.63, 3.8) is 0 Å². The molecule has 0 amide bonds. The summed E-state index contributed by atoms with van der Waals surface area (Å²) in [5.74, 6) is 0.798. The third kappa shape index (κ3) is 1.50. The van der Waals surface area contributed by atoms with Gasteiger partial charge in [0.05, 0.1) is 0 Å². The summed E-state index contributed by atoms with van der Waals surface area (Å²) in [6.45, 7) is 0. The first-order valence-corrected chi connectivity index (χ1v) is 6.32. The van der Waals surface area contributed by atoms with E-state index >= 15 is 0 Å². The van der Waals surface area contributed by atoms with Crippen LogP contribution in [0.4, 0.5) is 0 Å². The van der Waals surface area contributed by atoms with Gasteiger partial charge in [-0.2, -0.15) is 0 Å². The lowest BCUT2D eigenvalue weighted by molar-refractivity contribution is -0.117. The molecule has 1 aromatic carbocycles. The molecule has 82 valence electrons. The Morgan fingerprint density at radius 2 is 2.25 bits per heavy atom. The van der Waals surface area contributed by atoms with Crippen molar-refractivity contribution in [1.82, 2.24) is 4.98 Å². The van der Waals surface area contributed by atoms with Crippen LogP contribution < -0.4 is 0 Å². The zero-order valence-electron chi connectivity index (χ0n) is 8.79. The van der Waals surface area contributed by atoms with Crippen LogP contribution in [0, 0.1) is 0 Å². The molecule has 0 saturated heterocycles. The lowest BCUT2D eigenvalue weighted by atomic mass is 9.97. The minimum absolute atomic E-state index is 0.395. The predicted molar refractivity (Wildman–Crippen MR) is 67.6 cm³/mol. The molecule has 3 rings (SSSR count). The van der Waals surface area contributed by atoms with E-state index in [1.165, 1.54) is 10.9 Å². The topological polar surface area (TPSA) is 32.9 Å². The molecular formula is C13H12BrNO. The van der Waals surface area contributed by atoms with Crippen LogP contribution in [0.15, 0.2) is 28.9 Å². The van der Waals surface area contributed by atoms with Crippen LogP contribution in [0.5, 0.6) is 0 Å². The average molecular weight is 278 g/mol. The van der Waals surface area contributed by atoms with Crippen molar-refractivity contribution >= 4 is 32.6 Å². The summed E-state index contributed by atoms with van der Waals surface area (Å²) in [5.41, 5.74) is 2.43. The van der Waals surface area contributed by atoms with Crippen LogP contribution in [0.1, 0.15) is 30.7 Å². The van der Waals surface area contributed by atoms with Crippen LogP contribution in [-0.4, -0.2) is 10.8 Å². The van der Waals surface area contributed by atoms with Gasteiger partial charge in [-0.1, -0.05) is 22.0 Å². The molecule has 1 aliphatic carbocycles. The van der Waals surface area contributed by atoms with Gasteiger partial charge in [0.1, 0.15) is 5.78 Å². The Balaban J connectivity index is 2.13. The maximum absolute atomic E-state index is 11.3. The molecule has 16 heavy (non-hydrogen) atoms. The van der Waals surface area contributed by atoms with Crippen LogP contribution in [0.25, 0.3) is 10.9 Å². The highest BCUT2D eigenvalue weighted by atomic mass is 79.9. The Hall–Kier alpha value is -1.09. The van der Waals surface area contributed by atoms with Gasteiger partial charge in [-0.05, 0) is 30.0 Å². The number of aromatic nitrogens is 1. The van der Waals surface area contributed by atoms with Gasteiger partial charge in [0, 0.05) is 34.4 Å². The minimum Gasteiger partial charge on any atom is -0.361 e. The van der Waals surface area contributed by atoms with Gasteiger partial charge in [-0.15, -0.1) is 0 Å². The Labute approximate surface area is 102 Å². The van der Waals surface area contributed by atoms with Crippen molar-refractivity contribution < 1.29 is 4.79 Å². The van der Waals surface area contributed by atoms with Gasteiger partial charge in [-0.25, -0.2) is 0 Å². The van der Waals surface area contributed by atoms with Gasteiger partial charge in [0.25, 0.3) is 0 Å². The molecular weight excluding hydrogens is 266 g/mol. The first-order valence-electron chi connectivity index (χ1n) is 5.53. The molecule has 0 bridgehead atoms. The number of carbonyl (C=O) groups is 1. The number of aromatic amines is 1. The summed E-state index contributed by atoms with van der Waals surface area (Å²) in [6.07, 6.45) is 4.49. The zero-order valence-corrected chi connectivity index (χ0v) is 10.4. The molecule has 1 atom stereocenters. The van der Waals surface area contributed by atoms with E-state index in [0.29, 0.717) is 18.1 Å². The number of hydrogen-bond donors (Lipinski definition) is 1. The highest BCUT2D eigenvalue weighted by Crippen LogP contribution is 2.38. The second kappa shape index (κ2) is 3.74. The van der Waals surface area contributed by atoms with Crippen molar-refractivity contribution in [3.8, 4) is 0 Å². The Bertz CT molecular complexity index is 558. The van der Waals surface area contributed by atoms with Gasteiger partial charge >= 0.3 is 0 Å². The molecule has 1 saturated carbocycles. The third-order valence-corrected chi connectivity index (χ3v) is 4.03. The maximum atomic E-state index is 11.3. The second-order valence-corrected chi connectivity index (χ2v) is 5.24. The molecule has 3 heteroatoms. The number of fused-ring (bicyclic) bond motifs is 1. The standard InChI is InChI=1S/C13H12BrNO/c14-11-2-1-3-12-13(11)10(7-15-12)8-4-5-9(16)6-8/h1-3,7-8,15H,4-6H2. The number of rotatable bonds is 1. The summed E-state index contributed by atoms with van der Waals surface area (Å²) >= 11 is 3.58. The van der Waals surface area contributed by atoms with E-state index in [9.17, 15) is 4.79 Å². The lowest BCUT2D eigenvalue weighted by Crippen LogP contribution is -1.93. The van der Waals surface area contributed by atoms with Gasteiger partial charge in [0.2, 0.25) is 0 Å². The number of ketones is 1. The van der Waals surface area contributed by atoms with E-state index in [4.69, 9.17) is 0 Å². The summed E-state index contributed by atoms with van der Waals surface area (Å²) in [6, 6.07) is 6.14. The number of halogens is 1. The Morgan fingerprint density at radius 3 is 3.00 bits per heavy atom. The van der Waals surface area contributed by atoms with Crippen molar-refractivity contribution in [2.45, 2.75) is 25.2 Å². The van der Waals surface area contributed by atoms with Crippen LogP contribution in [0.3, 0.4) is 0 Å². The molecule has 1 heterocycles. The van der Waals surface area contributed by atoms with Crippen molar-refractivity contribution in [2.75, 3.05) is 0 Å². The Kier molecular flexibility index (Phi) is 2.36. The van der Waals surface area contributed by atoms with E-state index in [1.54, 1.807) is 0 Å². The van der Waals surface area contributed by atoms with E-state index in [-0.39, 0.29) is 0 Å². The summed E-state index contributed by atoms with van der Waals surface area (Å²) in [4.78, 5) is 14.6. The van der Waals surface area contributed by atoms with Crippen molar-refractivity contribution in [2.24, 2.45) is 0 Å². The number of hydrogen-bond acceptors (Lipinski definition) is 1. The number of benzene rings is 1.